The molecule has 2 heteroatoms. The Morgan fingerprint density at radius 1 is 1.17 bits per heavy atom. The minimum atomic E-state index is 0.755. The van der Waals surface area contributed by atoms with E-state index in [1.165, 1.54) is 34.9 Å². The van der Waals surface area contributed by atoms with E-state index < -0.39 is 0 Å². The summed E-state index contributed by atoms with van der Waals surface area (Å²) in [5.41, 5.74) is 1.53. The molecule has 0 bridgehead atoms. The van der Waals surface area contributed by atoms with Gasteiger partial charge >= 0.3 is 0 Å². The smallest absolute Gasteiger partial charge is 0.0345 e. The van der Waals surface area contributed by atoms with Crippen molar-refractivity contribution in [2.75, 3.05) is 13.1 Å². The maximum atomic E-state index is 3.50. The summed E-state index contributed by atoms with van der Waals surface area (Å²) < 4.78 is 1.42. The second-order valence-electron chi connectivity index (χ2n) is 5.31. The van der Waals surface area contributed by atoms with Gasteiger partial charge in [0.25, 0.3) is 0 Å². The van der Waals surface area contributed by atoms with Gasteiger partial charge in [-0.15, -0.1) is 11.3 Å². The molecule has 18 heavy (non-hydrogen) atoms. The van der Waals surface area contributed by atoms with Gasteiger partial charge in [0.1, 0.15) is 0 Å². The topological polar surface area (TPSA) is 12.0 Å². The van der Waals surface area contributed by atoms with Crippen molar-refractivity contribution < 1.29 is 0 Å². The van der Waals surface area contributed by atoms with Crippen molar-refractivity contribution in [1.82, 2.24) is 5.32 Å². The molecule has 1 heterocycles. The van der Waals surface area contributed by atoms with Crippen LogP contribution in [0.1, 0.15) is 32.3 Å². The zero-order chi connectivity index (χ0) is 12.8. The summed E-state index contributed by atoms with van der Waals surface area (Å²) in [4.78, 5) is 0. The van der Waals surface area contributed by atoms with Gasteiger partial charge in [0.2, 0.25) is 0 Å². The summed E-state index contributed by atoms with van der Waals surface area (Å²) in [5.74, 6) is 0.755. The monoisotopic (exact) mass is 261 g/mol. The zero-order valence-electron chi connectivity index (χ0n) is 11.4. The van der Waals surface area contributed by atoms with Crippen molar-refractivity contribution in [3.05, 3.63) is 35.2 Å². The molecule has 2 rings (SSSR count). The molecule has 1 aromatic carbocycles. The molecule has 0 unspecified atom stereocenters. The SMILES string of the molecule is CC(C)CNCCCCc1csc2ccccc12. The van der Waals surface area contributed by atoms with E-state index in [0.29, 0.717) is 0 Å². The number of unbranched alkanes of at least 4 members (excludes halogenated alkanes) is 1. The third-order valence-electron chi connectivity index (χ3n) is 3.16. The molecule has 0 radical (unpaired) electrons. The predicted octanol–water partition coefficient (Wildman–Crippen LogP) is 4.47. The van der Waals surface area contributed by atoms with Crippen LogP contribution in [0.25, 0.3) is 10.1 Å². The van der Waals surface area contributed by atoms with Crippen LogP contribution in [0.3, 0.4) is 0 Å². The lowest BCUT2D eigenvalue weighted by atomic mass is 10.1. The van der Waals surface area contributed by atoms with Gasteiger partial charge in [-0.25, -0.2) is 0 Å². The first-order valence-corrected chi connectivity index (χ1v) is 7.81. The first-order valence-electron chi connectivity index (χ1n) is 6.93. The van der Waals surface area contributed by atoms with Gasteiger partial charge in [0, 0.05) is 4.70 Å². The third-order valence-corrected chi connectivity index (χ3v) is 4.18. The number of benzene rings is 1. The third kappa shape index (κ3) is 3.82. The van der Waals surface area contributed by atoms with Crippen molar-refractivity contribution in [2.45, 2.75) is 33.1 Å². The minimum absolute atomic E-state index is 0.755. The van der Waals surface area contributed by atoms with E-state index in [1.54, 1.807) is 0 Å². The summed E-state index contributed by atoms with van der Waals surface area (Å²) in [7, 11) is 0. The predicted molar refractivity (Wildman–Crippen MR) is 82.5 cm³/mol. The van der Waals surface area contributed by atoms with Crippen LogP contribution in [0.5, 0.6) is 0 Å². The fourth-order valence-corrected chi connectivity index (χ4v) is 3.18. The second kappa shape index (κ2) is 6.91. The van der Waals surface area contributed by atoms with Gasteiger partial charge in [-0.3, -0.25) is 0 Å². The van der Waals surface area contributed by atoms with Crippen molar-refractivity contribution in [2.24, 2.45) is 5.92 Å². The molecular weight excluding hydrogens is 238 g/mol. The molecule has 0 aliphatic rings. The largest absolute Gasteiger partial charge is 0.316 e. The van der Waals surface area contributed by atoms with Gasteiger partial charge in [0.15, 0.2) is 0 Å². The number of fused-ring (bicyclic) bond motifs is 1. The molecule has 98 valence electrons. The summed E-state index contributed by atoms with van der Waals surface area (Å²) >= 11 is 1.87. The number of hydrogen-bond donors (Lipinski definition) is 1. The Morgan fingerprint density at radius 2 is 2.00 bits per heavy atom. The van der Waals surface area contributed by atoms with E-state index in [1.807, 2.05) is 11.3 Å². The summed E-state index contributed by atoms with van der Waals surface area (Å²) in [6.45, 7) is 6.80. The zero-order valence-corrected chi connectivity index (χ0v) is 12.2. The van der Waals surface area contributed by atoms with Crippen LogP contribution in [-0.4, -0.2) is 13.1 Å². The minimum Gasteiger partial charge on any atom is -0.316 e. The summed E-state index contributed by atoms with van der Waals surface area (Å²) in [5, 5.41) is 7.29. The maximum absolute atomic E-state index is 3.50. The summed E-state index contributed by atoms with van der Waals surface area (Å²) in [6, 6.07) is 8.73. The van der Waals surface area contributed by atoms with Gasteiger partial charge in [-0.05, 0) is 60.7 Å². The van der Waals surface area contributed by atoms with E-state index >= 15 is 0 Å². The van der Waals surface area contributed by atoms with Gasteiger partial charge < -0.3 is 5.32 Å². The van der Waals surface area contributed by atoms with Crippen LogP contribution >= 0.6 is 11.3 Å². The molecule has 0 saturated heterocycles. The molecule has 1 nitrogen and oxygen atoms in total. The molecule has 1 aromatic heterocycles. The van der Waals surface area contributed by atoms with Gasteiger partial charge in [-0.1, -0.05) is 32.0 Å². The van der Waals surface area contributed by atoms with Gasteiger partial charge in [-0.2, -0.15) is 0 Å². The van der Waals surface area contributed by atoms with E-state index in [4.69, 9.17) is 0 Å². The Balaban J connectivity index is 1.74. The lowest BCUT2D eigenvalue weighted by Gasteiger charge is -2.06. The Kier molecular flexibility index (Phi) is 5.21. The Labute approximate surface area is 114 Å². The number of rotatable bonds is 7. The fourth-order valence-electron chi connectivity index (χ4n) is 2.18. The Bertz CT molecular complexity index is 473. The van der Waals surface area contributed by atoms with E-state index in [0.717, 1.165) is 19.0 Å². The van der Waals surface area contributed by atoms with Crippen molar-refractivity contribution in [3.63, 3.8) is 0 Å². The van der Waals surface area contributed by atoms with Crippen molar-refractivity contribution in [1.29, 1.82) is 0 Å². The average Bonchev–Trinajstić information content (AvgIpc) is 2.77. The highest BCUT2D eigenvalue weighted by Gasteiger charge is 2.02. The number of hydrogen-bond acceptors (Lipinski definition) is 2. The van der Waals surface area contributed by atoms with Crippen LogP contribution in [0.4, 0.5) is 0 Å². The van der Waals surface area contributed by atoms with Crippen LogP contribution in [0, 0.1) is 5.92 Å². The molecule has 0 aliphatic heterocycles. The average molecular weight is 261 g/mol. The van der Waals surface area contributed by atoms with E-state index in [-0.39, 0.29) is 0 Å². The lowest BCUT2D eigenvalue weighted by Crippen LogP contribution is -2.20. The molecule has 0 spiro atoms. The van der Waals surface area contributed by atoms with Gasteiger partial charge in [0.05, 0.1) is 0 Å². The molecular formula is C16H23NS. The quantitative estimate of drug-likeness (QED) is 0.725. The maximum Gasteiger partial charge on any atom is 0.0345 e. The molecule has 1 N–H and O–H groups in total. The van der Waals surface area contributed by atoms with Crippen molar-refractivity contribution >= 4 is 21.4 Å². The van der Waals surface area contributed by atoms with Crippen LogP contribution in [0.2, 0.25) is 0 Å². The number of aryl methyl sites for hydroxylation is 1. The first-order chi connectivity index (χ1) is 8.77. The standard InChI is InChI=1S/C16H23NS/c1-13(2)11-17-10-6-5-7-14-12-18-16-9-4-3-8-15(14)16/h3-4,8-9,12-13,17H,5-7,10-11H2,1-2H3. The fraction of sp³-hybridized carbons (Fsp3) is 0.500. The number of thiophene rings is 1. The van der Waals surface area contributed by atoms with Crippen LogP contribution in [0.15, 0.2) is 29.6 Å². The van der Waals surface area contributed by atoms with Crippen LogP contribution in [-0.2, 0) is 6.42 Å². The highest BCUT2D eigenvalue weighted by molar-refractivity contribution is 7.17. The molecule has 0 atom stereocenters. The van der Waals surface area contributed by atoms with E-state index in [2.05, 4.69) is 48.8 Å². The Hall–Kier alpha value is -0.860. The molecule has 0 aliphatic carbocycles. The first kappa shape index (κ1) is 13.6. The lowest BCUT2D eigenvalue weighted by molar-refractivity contribution is 0.536. The highest BCUT2D eigenvalue weighted by atomic mass is 32.1. The molecule has 2 aromatic rings. The summed E-state index contributed by atoms with van der Waals surface area (Å²) in [6.07, 6.45) is 3.77. The van der Waals surface area contributed by atoms with Crippen LogP contribution < -0.4 is 5.32 Å². The normalized spacial score (nSPS) is 11.5. The highest BCUT2D eigenvalue weighted by Crippen LogP contribution is 2.26. The Morgan fingerprint density at radius 3 is 2.83 bits per heavy atom. The van der Waals surface area contributed by atoms with Crippen molar-refractivity contribution in [3.8, 4) is 0 Å². The van der Waals surface area contributed by atoms with E-state index in [9.17, 15) is 0 Å². The molecule has 0 amide bonds. The molecule has 0 saturated carbocycles. The second-order valence-corrected chi connectivity index (χ2v) is 6.22. The molecule has 0 fully saturated rings. The number of nitrogens with one attached hydrogen (secondary N) is 1.